The number of carbonyl (C=O) groups is 1. The molecule has 0 aromatic rings. The minimum atomic E-state index is -4.99. The Balaban J connectivity index is 2.81. The lowest BCUT2D eigenvalue weighted by atomic mass is 9.99. The van der Waals surface area contributed by atoms with Gasteiger partial charge >= 0.3 is 12.1 Å². The number of carbonyl (C=O) groups excluding carboxylic acids is 1. The van der Waals surface area contributed by atoms with Gasteiger partial charge < -0.3 is 19.6 Å². The second-order valence-corrected chi connectivity index (χ2v) is 12.2. The molecule has 1 rings (SSSR count). The molecule has 1 heterocycles. The highest BCUT2D eigenvalue weighted by Gasteiger charge is 2.46. The number of alkyl halides is 3. The molecule has 23 heavy (non-hydrogen) atoms. The first-order chi connectivity index (χ1) is 10.1. The van der Waals surface area contributed by atoms with Crippen LogP contribution in [0, 0.1) is 0 Å². The first-order valence-corrected chi connectivity index (χ1v) is 10.4. The highest BCUT2D eigenvalue weighted by Crippen LogP contribution is 2.38. The van der Waals surface area contributed by atoms with E-state index in [1.165, 1.54) is 0 Å². The topological polar surface area (TPSA) is 67.8 Å². The molecule has 2 N–H and O–H groups in total. The first kappa shape index (κ1) is 20.4. The molecular formula is C14H26F3NO4Si. The zero-order valence-electron chi connectivity index (χ0n) is 14.3. The monoisotopic (exact) mass is 357 g/mol. The standard InChI is InChI=1S/C14H26F3NO4Si/c1-8-11(19)9(18-12(20)14(15,16)17)7-10(21-8)22-23(5,6)13(2,3)4/h8-11,19H,7H2,1-6H3,(H,18,20)/t8-,9-,10+,11+/m0/s1. The van der Waals surface area contributed by atoms with Gasteiger partial charge in [0.15, 0.2) is 8.32 Å². The second-order valence-electron chi connectivity index (χ2n) is 7.45. The van der Waals surface area contributed by atoms with Crippen molar-refractivity contribution in [3.63, 3.8) is 0 Å². The number of rotatable bonds is 3. The molecule has 9 heteroatoms. The summed E-state index contributed by atoms with van der Waals surface area (Å²) in [5.41, 5.74) is 0. The van der Waals surface area contributed by atoms with E-state index in [0.29, 0.717) is 0 Å². The predicted molar refractivity (Wildman–Crippen MR) is 81.2 cm³/mol. The van der Waals surface area contributed by atoms with Gasteiger partial charge in [-0.1, -0.05) is 20.8 Å². The van der Waals surface area contributed by atoms with Gasteiger partial charge in [-0.25, -0.2) is 0 Å². The summed E-state index contributed by atoms with van der Waals surface area (Å²) in [7, 11) is -2.19. The second kappa shape index (κ2) is 6.70. The van der Waals surface area contributed by atoms with Crippen molar-refractivity contribution < 1.29 is 32.2 Å². The lowest BCUT2D eigenvalue weighted by Crippen LogP contribution is -2.59. The molecule has 0 spiro atoms. The van der Waals surface area contributed by atoms with Gasteiger partial charge in [0.2, 0.25) is 0 Å². The Bertz CT molecular complexity index is 437. The summed E-state index contributed by atoms with van der Waals surface area (Å²) in [6.45, 7) is 11.6. The van der Waals surface area contributed by atoms with Crippen LogP contribution in [0.3, 0.4) is 0 Å². The molecule has 0 unspecified atom stereocenters. The fourth-order valence-electron chi connectivity index (χ4n) is 2.03. The van der Waals surface area contributed by atoms with E-state index in [1.54, 1.807) is 6.92 Å². The maximum Gasteiger partial charge on any atom is 0.471 e. The van der Waals surface area contributed by atoms with E-state index in [0.717, 1.165) is 0 Å². The molecule has 0 aromatic heterocycles. The van der Waals surface area contributed by atoms with Crippen molar-refractivity contribution in [2.45, 2.75) is 83.0 Å². The van der Waals surface area contributed by atoms with E-state index in [-0.39, 0.29) is 11.5 Å². The Morgan fingerprint density at radius 2 is 1.83 bits per heavy atom. The van der Waals surface area contributed by atoms with Crippen molar-refractivity contribution in [2.75, 3.05) is 0 Å². The number of hydrogen-bond acceptors (Lipinski definition) is 4. The SMILES string of the molecule is C[C@@H]1O[C@H](O[Si](C)(C)C(C)(C)C)C[C@H](NC(=O)C(F)(F)F)[C@@H]1O. The number of hydrogen-bond donors (Lipinski definition) is 2. The molecule has 1 aliphatic heterocycles. The molecule has 1 amide bonds. The van der Waals surface area contributed by atoms with Gasteiger partial charge in [0.05, 0.1) is 12.1 Å². The third-order valence-corrected chi connectivity index (χ3v) is 8.98. The summed E-state index contributed by atoms with van der Waals surface area (Å²) in [6, 6.07) is -1.07. The normalized spacial score (nSPS) is 30.2. The maximum atomic E-state index is 12.4. The van der Waals surface area contributed by atoms with Crippen molar-refractivity contribution in [3.05, 3.63) is 0 Å². The molecule has 0 aromatic carbocycles. The Morgan fingerprint density at radius 1 is 1.30 bits per heavy atom. The Kier molecular flexibility index (Phi) is 5.94. The largest absolute Gasteiger partial charge is 0.471 e. The fourth-order valence-corrected chi connectivity index (χ4v) is 3.19. The summed E-state index contributed by atoms with van der Waals surface area (Å²) in [5.74, 6) is -2.07. The molecular weight excluding hydrogens is 331 g/mol. The van der Waals surface area contributed by atoms with E-state index in [9.17, 15) is 23.1 Å². The quantitative estimate of drug-likeness (QED) is 0.762. The lowest BCUT2D eigenvalue weighted by molar-refractivity contribution is -0.202. The van der Waals surface area contributed by atoms with Crippen molar-refractivity contribution in [1.82, 2.24) is 5.32 Å². The van der Waals surface area contributed by atoms with Gasteiger partial charge in [-0.3, -0.25) is 4.79 Å². The Hall–Kier alpha value is -0.643. The molecule has 5 nitrogen and oxygen atoms in total. The number of aliphatic hydroxyl groups excluding tert-OH is 1. The van der Waals surface area contributed by atoms with Crippen molar-refractivity contribution in [3.8, 4) is 0 Å². The number of aliphatic hydroxyl groups is 1. The number of halogens is 3. The van der Waals surface area contributed by atoms with Crippen LogP contribution in [0.15, 0.2) is 0 Å². The maximum absolute atomic E-state index is 12.4. The van der Waals surface area contributed by atoms with Crippen LogP contribution in [0.1, 0.15) is 34.1 Å². The Morgan fingerprint density at radius 3 is 2.26 bits per heavy atom. The van der Waals surface area contributed by atoms with Crippen LogP contribution >= 0.6 is 0 Å². The van der Waals surface area contributed by atoms with Crippen LogP contribution in [0.5, 0.6) is 0 Å². The molecule has 136 valence electrons. The minimum Gasteiger partial charge on any atom is -0.392 e. The van der Waals surface area contributed by atoms with Gasteiger partial charge in [-0.2, -0.15) is 13.2 Å². The number of amides is 1. The average molecular weight is 357 g/mol. The molecule has 0 radical (unpaired) electrons. The van der Waals surface area contributed by atoms with E-state index in [1.807, 2.05) is 39.2 Å². The average Bonchev–Trinajstić information content (AvgIpc) is 2.32. The molecule has 0 aliphatic carbocycles. The summed E-state index contributed by atoms with van der Waals surface area (Å²) in [5, 5.41) is 11.7. The Labute approximate surface area is 135 Å². The number of nitrogens with one attached hydrogen (secondary N) is 1. The lowest BCUT2D eigenvalue weighted by Gasteiger charge is -2.44. The molecule has 1 fully saturated rings. The van der Waals surface area contributed by atoms with Crippen LogP contribution in [-0.2, 0) is 14.0 Å². The van der Waals surface area contributed by atoms with Gasteiger partial charge in [-0.15, -0.1) is 0 Å². The van der Waals surface area contributed by atoms with Crippen LogP contribution in [0.4, 0.5) is 13.2 Å². The minimum absolute atomic E-state index is 0.0279. The van der Waals surface area contributed by atoms with E-state index >= 15 is 0 Å². The molecule has 4 atom stereocenters. The van der Waals surface area contributed by atoms with Gasteiger partial charge in [-0.05, 0) is 25.1 Å². The number of ether oxygens (including phenoxy) is 1. The third-order valence-electron chi connectivity index (χ3n) is 4.51. The van der Waals surface area contributed by atoms with Crippen LogP contribution in [-0.4, -0.2) is 50.0 Å². The molecule has 0 bridgehead atoms. The smallest absolute Gasteiger partial charge is 0.392 e. The van der Waals surface area contributed by atoms with Crippen LogP contribution < -0.4 is 5.32 Å². The first-order valence-electron chi connectivity index (χ1n) is 7.54. The molecule has 1 aliphatic rings. The van der Waals surface area contributed by atoms with Crippen LogP contribution in [0.25, 0.3) is 0 Å². The summed E-state index contributed by atoms with van der Waals surface area (Å²) in [4.78, 5) is 11.1. The summed E-state index contributed by atoms with van der Waals surface area (Å²) in [6.07, 6.45) is -7.73. The predicted octanol–water partition coefficient (Wildman–Crippen LogP) is 2.55. The van der Waals surface area contributed by atoms with E-state index in [4.69, 9.17) is 9.16 Å². The van der Waals surface area contributed by atoms with Crippen molar-refractivity contribution in [2.24, 2.45) is 0 Å². The summed E-state index contributed by atoms with van der Waals surface area (Å²) < 4.78 is 48.8. The third kappa shape index (κ3) is 5.17. The fraction of sp³-hybridized carbons (Fsp3) is 0.929. The van der Waals surface area contributed by atoms with Crippen molar-refractivity contribution >= 4 is 14.2 Å². The van der Waals surface area contributed by atoms with Crippen molar-refractivity contribution in [1.29, 1.82) is 0 Å². The van der Waals surface area contributed by atoms with Gasteiger partial charge in [0.25, 0.3) is 0 Å². The zero-order chi connectivity index (χ0) is 18.2. The highest BCUT2D eigenvalue weighted by atomic mass is 28.4. The van der Waals surface area contributed by atoms with E-state index < -0.39 is 44.9 Å². The van der Waals surface area contributed by atoms with Gasteiger partial charge in [0.1, 0.15) is 12.4 Å². The molecule has 0 saturated carbocycles. The highest BCUT2D eigenvalue weighted by molar-refractivity contribution is 6.74. The molecule has 1 saturated heterocycles. The van der Waals surface area contributed by atoms with Crippen LogP contribution in [0.2, 0.25) is 18.1 Å². The zero-order valence-corrected chi connectivity index (χ0v) is 15.3. The summed E-state index contributed by atoms with van der Waals surface area (Å²) >= 11 is 0. The van der Waals surface area contributed by atoms with Gasteiger partial charge in [0, 0.05) is 6.42 Å². The van der Waals surface area contributed by atoms with E-state index in [2.05, 4.69) is 0 Å².